The van der Waals surface area contributed by atoms with E-state index < -0.39 is 0 Å². The van der Waals surface area contributed by atoms with Crippen molar-refractivity contribution >= 4 is 11.6 Å². The molecular weight excluding hydrogens is 294 g/mol. The summed E-state index contributed by atoms with van der Waals surface area (Å²) in [6.07, 6.45) is 3.91. The minimum atomic E-state index is 0.377. The van der Waals surface area contributed by atoms with Crippen LogP contribution in [0.15, 0.2) is 47.1 Å². The third-order valence-electron chi connectivity index (χ3n) is 3.85. The number of anilines is 2. The van der Waals surface area contributed by atoms with Gasteiger partial charge in [-0.2, -0.15) is 10.1 Å². The number of aromatic nitrogens is 4. The molecule has 1 saturated heterocycles. The molecule has 1 fully saturated rings. The third-order valence-corrected chi connectivity index (χ3v) is 3.85. The van der Waals surface area contributed by atoms with E-state index >= 15 is 0 Å². The van der Waals surface area contributed by atoms with Crippen molar-refractivity contribution in [3.05, 3.63) is 42.6 Å². The zero-order valence-corrected chi connectivity index (χ0v) is 12.6. The van der Waals surface area contributed by atoms with E-state index in [0.29, 0.717) is 23.6 Å². The van der Waals surface area contributed by atoms with Gasteiger partial charge in [0.1, 0.15) is 0 Å². The van der Waals surface area contributed by atoms with Gasteiger partial charge in [0.2, 0.25) is 0 Å². The van der Waals surface area contributed by atoms with Gasteiger partial charge in [-0.15, -0.1) is 0 Å². The molecule has 1 N–H and O–H groups in total. The van der Waals surface area contributed by atoms with Gasteiger partial charge >= 0.3 is 0 Å². The molecule has 4 rings (SSSR count). The van der Waals surface area contributed by atoms with Crippen molar-refractivity contribution in [1.82, 2.24) is 19.9 Å². The summed E-state index contributed by atoms with van der Waals surface area (Å²) in [7, 11) is 0. The molecule has 0 aliphatic carbocycles. The number of hydrogen-bond acceptors (Lipinski definition) is 6. The van der Waals surface area contributed by atoms with Crippen LogP contribution in [0.25, 0.3) is 11.6 Å². The van der Waals surface area contributed by atoms with Gasteiger partial charge in [-0.1, -0.05) is 18.2 Å². The van der Waals surface area contributed by atoms with Gasteiger partial charge in [-0.05, 0) is 36.2 Å². The topological polar surface area (TPSA) is 78.0 Å². The fourth-order valence-electron chi connectivity index (χ4n) is 2.63. The molecule has 3 heterocycles. The van der Waals surface area contributed by atoms with E-state index in [-0.39, 0.29) is 0 Å². The third kappa shape index (κ3) is 3.09. The quantitative estimate of drug-likeness (QED) is 0.798. The largest absolute Gasteiger partial charge is 0.381 e. The Kier molecular flexibility index (Phi) is 3.77. The number of nitrogens with one attached hydrogen (secondary N) is 1. The molecule has 1 aliphatic heterocycles. The van der Waals surface area contributed by atoms with Gasteiger partial charge in [0.25, 0.3) is 11.8 Å². The summed E-state index contributed by atoms with van der Waals surface area (Å²) in [4.78, 5) is 4.34. The molecule has 0 amide bonds. The smallest absolute Gasteiger partial charge is 0.280 e. The van der Waals surface area contributed by atoms with Crippen molar-refractivity contribution in [2.75, 3.05) is 18.5 Å². The Balaban J connectivity index is 1.49. The molecule has 0 spiro atoms. The van der Waals surface area contributed by atoms with E-state index in [1.165, 1.54) is 0 Å². The van der Waals surface area contributed by atoms with Crippen molar-refractivity contribution in [2.45, 2.75) is 18.9 Å². The normalized spacial score (nSPS) is 15.7. The highest BCUT2D eigenvalue weighted by molar-refractivity contribution is 5.55. The van der Waals surface area contributed by atoms with Crippen LogP contribution < -0.4 is 5.32 Å². The first kappa shape index (κ1) is 14.0. The molecule has 3 aromatic rings. The van der Waals surface area contributed by atoms with Gasteiger partial charge < -0.3 is 14.6 Å². The van der Waals surface area contributed by atoms with E-state index in [1.807, 2.05) is 47.3 Å². The Morgan fingerprint density at radius 1 is 1.09 bits per heavy atom. The maximum atomic E-state index is 5.38. The molecule has 0 radical (unpaired) electrons. The van der Waals surface area contributed by atoms with E-state index in [1.54, 1.807) is 0 Å². The fourth-order valence-corrected chi connectivity index (χ4v) is 2.63. The SMILES string of the molecule is c1ccc(Nc2noc(-c3ccn(C4CCOCC4)n3)n2)cc1. The van der Waals surface area contributed by atoms with Crippen molar-refractivity contribution in [2.24, 2.45) is 0 Å². The summed E-state index contributed by atoms with van der Waals surface area (Å²) in [5, 5.41) is 11.6. The lowest BCUT2D eigenvalue weighted by Gasteiger charge is -2.22. The number of benzene rings is 1. The zero-order chi connectivity index (χ0) is 15.5. The van der Waals surface area contributed by atoms with Crippen LogP contribution in [-0.4, -0.2) is 33.1 Å². The molecule has 7 heteroatoms. The molecule has 2 aromatic heterocycles. The summed E-state index contributed by atoms with van der Waals surface area (Å²) in [6.45, 7) is 1.57. The first-order chi connectivity index (χ1) is 11.4. The van der Waals surface area contributed by atoms with Crippen molar-refractivity contribution < 1.29 is 9.26 Å². The first-order valence-electron chi connectivity index (χ1n) is 7.67. The maximum Gasteiger partial charge on any atom is 0.280 e. The molecule has 23 heavy (non-hydrogen) atoms. The van der Waals surface area contributed by atoms with E-state index in [9.17, 15) is 0 Å². The lowest BCUT2D eigenvalue weighted by Crippen LogP contribution is -2.19. The summed E-state index contributed by atoms with van der Waals surface area (Å²) in [5.74, 6) is 0.834. The van der Waals surface area contributed by atoms with Gasteiger partial charge in [-0.25, -0.2) is 0 Å². The second kappa shape index (κ2) is 6.21. The monoisotopic (exact) mass is 311 g/mol. The van der Waals surface area contributed by atoms with Crippen LogP contribution in [-0.2, 0) is 4.74 Å². The number of ether oxygens (including phenoxy) is 1. The lowest BCUT2D eigenvalue weighted by atomic mass is 10.1. The first-order valence-corrected chi connectivity index (χ1v) is 7.67. The van der Waals surface area contributed by atoms with Crippen LogP contribution >= 0.6 is 0 Å². The predicted molar refractivity (Wildman–Crippen MR) is 84.3 cm³/mol. The average molecular weight is 311 g/mol. The average Bonchev–Trinajstić information content (AvgIpc) is 3.26. The van der Waals surface area contributed by atoms with Crippen LogP contribution in [0.5, 0.6) is 0 Å². The Morgan fingerprint density at radius 2 is 1.91 bits per heavy atom. The van der Waals surface area contributed by atoms with Crippen LogP contribution in [0.2, 0.25) is 0 Å². The summed E-state index contributed by atoms with van der Waals surface area (Å²) >= 11 is 0. The predicted octanol–water partition coefficient (Wildman–Crippen LogP) is 3.03. The van der Waals surface area contributed by atoms with Crippen molar-refractivity contribution in [3.8, 4) is 11.6 Å². The summed E-state index contributed by atoms with van der Waals surface area (Å²) in [6, 6.07) is 12.0. The van der Waals surface area contributed by atoms with Crippen molar-refractivity contribution in [3.63, 3.8) is 0 Å². The Bertz CT molecular complexity index is 762. The molecule has 0 unspecified atom stereocenters. The van der Waals surface area contributed by atoms with E-state index in [2.05, 4.69) is 20.6 Å². The van der Waals surface area contributed by atoms with Gasteiger partial charge in [0.05, 0.1) is 6.04 Å². The molecule has 7 nitrogen and oxygen atoms in total. The molecule has 0 bridgehead atoms. The van der Waals surface area contributed by atoms with E-state index in [0.717, 1.165) is 31.7 Å². The zero-order valence-electron chi connectivity index (χ0n) is 12.6. The maximum absolute atomic E-state index is 5.38. The molecule has 1 aliphatic rings. The number of rotatable bonds is 4. The lowest BCUT2D eigenvalue weighted by molar-refractivity contribution is 0.0663. The molecule has 0 saturated carbocycles. The molecule has 118 valence electrons. The number of nitrogens with zero attached hydrogens (tertiary/aromatic N) is 4. The summed E-state index contributed by atoms with van der Waals surface area (Å²) in [5.41, 5.74) is 1.60. The highest BCUT2D eigenvalue weighted by Gasteiger charge is 2.18. The van der Waals surface area contributed by atoms with Gasteiger partial charge in [0.15, 0.2) is 5.69 Å². The number of hydrogen-bond donors (Lipinski definition) is 1. The highest BCUT2D eigenvalue weighted by atomic mass is 16.5. The number of para-hydroxylation sites is 1. The molecule has 1 aromatic carbocycles. The minimum Gasteiger partial charge on any atom is -0.381 e. The standard InChI is InChI=1S/C16H17N5O2/c1-2-4-12(5-3-1)17-16-18-15(23-20-16)14-6-9-21(19-14)13-7-10-22-11-8-13/h1-6,9,13H,7-8,10-11H2,(H,17,20). The fraction of sp³-hybridized carbons (Fsp3) is 0.312. The molecule has 0 atom stereocenters. The van der Waals surface area contributed by atoms with E-state index in [4.69, 9.17) is 9.26 Å². The Labute approximate surface area is 133 Å². The molecular formula is C16H17N5O2. The van der Waals surface area contributed by atoms with Crippen LogP contribution in [0.4, 0.5) is 11.6 Å². The van der Waals surface area contributed by atoms with Crippen molar-refractivity contribution in [1.29, 1.82) is 0 Å². The van der Waals surface area contributed by atoms with Crippen LogP contribution in [0, 0.1) is 0 Å². The van der Waals surface area contributed by atoms with Gasteiger partial charge in [0, 0.05) is 25.1 Å². The second-order valence-electron chi connectivity index (χ2n) is 5.44. The van der Waals surface area contributed by atoms with Crippen LogP contribution in [0.3, 0.4) is 0 Å². The Morgan fingerprint density at radius 3 is 2.74 bits per heavy atom. The highest BCUT2D eigenvalue weighted by Crippen LogP contribution is 2.23. The van der Waals surface area contributed by atoms with Gasteiger partial charge in [-0.3, -0.25) is 4.68 Å². The second-order valence-corrected chi connectivity index (χ2v) is 5.44. The Hall–Kier alpha value is -2.67. The minimum absolute atomic E-state index is 0.377. The summed E-state index contributed by atoms with van der Waals surface area (Å²) < 4.78 is 12.6. The van der Waals surface area contributed by atoms with Crippen LogP contribution in [0.1, 0.15) is 18.9 Å².